The number of piperidine rings is 1. The first-order valence-corrected chi connectivity index (χ1v) is 10.2. The molecule has 0 N–H and O–H groups in total. The van der Waals surface area contributed by atoms with Crippen molar-refractivity contribution >= 4 is 15.9 Å². The van der Waals surface area contributed by atoms with Crippen LogP contribution in [0.15, 0.2) is 29.2 Å². The Morgan fingerprint density at radius 1 is 1.08 bits per heavy atom. The lowest BCUT2D eigenvalue weighted by molar-refractivity contribution is -0.140. The maximum Gasteiger partial charge on any atom is 0.243 e. The minimum Gasteiger partial charge on any atom is -0.338 e. The van der Waals surface area contributed by atoms with Gasteiger partial charge in [0, 0.05) is 25.7 Å². The number of fused-ring (bicyclic) bond motifs is 4. The van der Waals surface area contributed by atoms with E-state index < -0.39 is 10.0 Å². The minimum absolute atomic E-state index is 0.0139. The Labute approximate surface area is 148 Å². The molecule has 25 heavy (non-hydrogen) atoms. The van der Waals surface area contributed by atoms with Crippen molar-refractivity contribution in [3.05, 3.63) is 29.8 Å². The summed E-state index contributed by atoms with van der Waals surface area (Å²) in [6.45, 7) is 1.42. The molecule has 1 aromatic carbocycles. The van der Waals surface area contributed by atoms with Crippen molar-refractivity contribution < 1.29 is 13.2 Å². The summed E-state index contributed by atoms with van der Waals surface area (Å²) < 4.78 is 27.5. The van der Waals surface area contributed by atoms with E-state index in [1.54, 1.807) is 0 Å². The number of rotatable bonds is 4. The summed E-state index contributed by atoms with van der Waals surface area (Å²) in [7, 11) is -3.65. The van der Waals surface area contributed by atoms with Gasteiger partial charge in [-0.2, -0.15) is 9.57 Å². The minimum atomic E-state index is -3.65. The molecule has 2 bridgehead atoms. The molecule has 3 saturated heterocycles. The average molecular weight is 359 g/mol. The lowest BCUT2D eigenvalue weighted by atomic mass is 9.94. The number of carbonyl (C=O) groups is 1. The van der Waals surface area contributed by atoms with E-state index in [0.717, 1.165) is 19.4 Å². The molecule has 5 rings (SSSR count). The molecule has 3 heterocycles. The highest BCUT2D eigenvalue weighted by Crippen LogP contribution is 2.36. The van der Waals surface area contributed by atoms with E-state index in [-0.39, 0.29) is 29.3 Å². The lowest BCUT2D eigenvalue weighted by Gasteiger charge is -2.36. The van der Waals surface area contributed by atoms with E-state index in [2.05, 4.69) is 0 Å². The Morgan fingerprint density at radius 3 is 2.44 bits per heavy atom. The van der Waals surface area contributed by atoms with E-state index in [1.807, 2.05) is 11.0 Å². The van der Waals surface area contributed by atoms with Gasteiger partial charge in [0.1, 0.15) is 0 Å². The predicted molar refractivity (Wildman–Crippen MR) is 90.9 cm³/mol. The van der Waals surface area contributed by atoms with Gasteiger partial charge in [-0.05, 0) is 55.9 Å². The Kier molecular flexibility index (Phi) is 4.05. The number of nitriles is 1. The van der Waals surface area contributed by atoms with Crippen molar-refractivity contribution in [2.75, 3.05) is 19.6 Å². The summed E-state index contributed by atoms with van der Waals surface area (Å²) in [5.41, 5.74) is 0.431. The summed E-state index contributed by atoms with van der Waals surface area (Å²) in [5, 5.41) is 8.88. The van der Waals surface area contributed by atoms with Gasteiger partial charge < -0.3 is 4.90 Å². The van der Waals surface area contributed by atoms with Crippen LogP contribution in [0.4, 0.5) is 0 Å². The number of benzene rings is 1. The monoisotopic (exact) mass is 359 g/mol. The van der Waals surface area contributed by atoms with Gasteiger partial charge in [0.25, 0.3) is 0 Å². The fourth-order valence-corrected chi connectivity index (χ4v) is 5.39. The first-order valence-electron chi connectivity index (χ1n) is 8.80. The molecule has 1 aliphatic carbocycles. The Balaban J connectivity index is 1.60. The topological polar surface area (TPSA) is 81.5 Å². The Bertz CT molecular complexity index is 824. The summed E-state index contributed by atoms with van der Waals surface area (Å²) in [5.74, 6) is 0.498. The maximum absolute atomic E-state index is 13.0. The Morgan fingerprint density at radius 2 is 1.80 bits per heavy atom. The molecule has 7 heteroatoms. The van der Waals surface area contributed by atoms with Crippen LogP contribution in [0, 0.1) is 23.2 Å². The van der Waals surface area contributed by atoms with Gasteiger partial charge in [-0.15, -0.1) is 0 Å². The smallest absolute Gasteiger partial charge is 0.243 e. The van der Waals surface area contributed by atoms with E-state index in [4.69, 9.17) is 5.26 Å². The number of hydrogen-bond acceptors (Lipinski definition) is 4. The molecule has 1 aromatic rings. The molecule has 0 unspecified atom stereocenters. The molecule has 3 aliphatic heterocycles. The highest BCUT2D eigenvalue weighted by atomic mass is 32.2. The standard InChI is InChI=1S/C18H21N3O3S/c19-9-13-3-7-17(8-4-13)25(23,24)20-11-15-5-6-16(12-20)21(18(15)22)10-14-1-2-14/h3-4,7-8,14-16H,1-2,5-6,10-12H2/t15-,16+/m0/s1. The van der Waals surface area contributed by atoms with Crippen molar-refractivity contribution in [3.63, 3.8) is 0 Å². The van der Waals surface area contributed by atoms with E-state index in [0.29, 0.717) is 18.0 Å². The van der Waals surface area contributed by atoms with Crippen LogP contribution in [-0.2, 0) is 14.8 Å². The third kappa shape index (κ3) is 3.05. The van der Waals surface area contributed by atoms with Crippen molar-refractivity contribution in [1.82, 2.24) is 9.21 Å². The molecule has 4 aliphatic rings. The van der Waals surface area contributed by atoms with Crippen LogP contribution in [0.2, 0.25) is 0 Å². The number of carbonyl (C=O) groups excluding carboxylic acids is 1. The summed E-state index contributed by atoms with van der Waals surface area (Å²) in [6, 6.07) is 7.97. The van der Waals surface area contributed by atoms with E-state index in [1.165, 1.54) is 41.4 Å². The highest BCUT2D eigenvalue weighted by molar-refractivity contribution is 7.89. The molecular weight excluding hydrogens is 338 g/mol. The van der Waals surface area contributed by atoms with Crippen LogP contribution < -0.4 is 0 Å². The van der Waals surface area contributed by atoms with Gasteiger partial charge in [0.15, 0.2) is 0 Å². The van der Waals surface area contributed by atoms with Crippen molar-refractivity contribution in [2.24, 2.45) is 11.8 Å². The molecular formula is C18H21N3O3S. The fourth-order valence-electron chi connectivity index (χ4n) is 3.87. The molecule has 4 fully saturated rings. The zero-order valence-electron chi connectivity index (χ0n) is 14.0. The van der Waals surface area contributed by atoms with Crippen LogP contribution in [-0.4, -0.2) is 49.2 Å². The molecule has 0 spiro atoms. The molecule has 1 saturated carbocycles. The van der Waals surface area contributed by atoms with Crippen LogP contribution in [0.3, 0.4) is 0 Å². The van der Waals surface area contributed by atoms with Crippen molar-refractivity contribution in [1.29, 1.82) is 5.26 Å². The van der Waals surface area contributed by atoms with Crippen molar-refractivity contribution in [3.8, 4) is 6.07 Å². The second-order valence-corrected chi connectivity index (χ2v) is 9.26. The zero-order valence-corrected chi connectivity index (χ0v) is 14.8. The Hall–Kier alpha value is -1.91. The van der Waals surface area contributed by atoms with Crippen LogP contribution in [0.1, 0.15) is 31.2 Å². The number of nitrogens with zero attached hydrogens (tertiary/aromatic N) is 3. The van der Waals surface area contributed by atoms with Gasteiger partial charge in [0.05, 0.1) is 22.4 Å². The molecule has 132 valence electrons. The van der Waals surface area contributed by atoms with E-state index in [9.17, 15) is 13.2 Å². The average Bonchev–Trinajstić information content (AvgIpc) is 3.45. The molecule has 6 nitrogen and oxygen atoms in total. The SMILES string of the molecule is N#Cc1ccc(S(=O)(=O)N2C[C@@H]3CC[C@H](C2)N(CC2CC2)C3=O)cc1. The molecule has 0 aromatic heterocycles. The van der Waals surface area contributed by atoms with E-state index >= 15 is 0 Å². The van der Waals surface area contributed by atoms with Crippen LogP contribution in [0.25, 0.3) is 0 Å². The van der Waals surface area contributed by atoms with Crippen molar-refractivity contribution in [2.45, 2.75) is 36.6 Å². The van der Waals surface area contributed by atoms with Crippen LogP contribution >= 0.6 is 0 Å². The third-order valence-electron chi connectivity index (χ3n) is 5.53. The van der Waals surface area contributed by atoms with Gasteiger partial charge in [-0.1, -0.05) is 0 Å². The van der Waals surface area contributed by atoms with Crippen LogP contribution in [0.5, 0.6) is 0 Å². The quantitative estimate of drug-likeness (QED) is 0.817. The number of amides is 1. The summed E-state index contributed by atoms with van der Waals surface area (Å²) >= 11 is 0. The van der Waals surface area contributed by atoms with Gasteiger partial charge in [-0.25, -0.2) is 8.42 Å². The first-order chi connectivity index (χ1) is 12.0. The first kappa shape index (κ1) is 16.6. The number of sulfonamides is 1. The fraction of sp³-hybridized carbons (Fsp3) is 0.556. The second kappa shape index (κ2) is 6.11. The normalized spacial score (nSPS) is 27.2. The zero-order chi connectivity index (χ0) is 17.6. The molecule has 1 amide bonds. The summed E-state index contributed by atoms with van der Waals surface area (Å²) in [6.07, 6.45) is 4.00. The predicted octanol–water partition coefficient (Wildman–Crippen LogP) is 1.58. The third-order valence-corrected chi connectivity index (χ3v) is 7.38. The maximum atomic E-state index is 13.0. The molecule has 0 radical (unpaired) electrons. The van der Waals surface area contributed by atoms with Gasteiger partial charge >= 0.3 is 0 Å². The second-order valence-electron chi connectivity index (χ2n) is 7.32. The highest BCUT2D eigenvalue weighted by Gasteiger charge is 2.45. The number of hydrogen-bond donors (Lipinski definition) is 0. The largest absolute Gasteiger partial charge is 0.338 e. The van der Waals surface area contributed by atoms with Gasteiger partial charge in [0.2, 0.25) is 15.9 Å². The summed E-state index contributed by atoms with van der Waals surface area (Å²) in [4.78, 5) is 14.9. The lowest BCUT2D eigenvalue weighted by Crippen LogP contribution is -2.48. The molecule has 2 atom stereocenters. The van der Waals surface area contributed by atoms with Gasteiger partial charge in [-0.3, -0.25) is 4.79 Å².